The summed E-state index contributed by atoms with van der Waals surface area (Å²) in [6, 6.07) is 10.2. The first-order valence-electron chi connectivity index (χ1n) is 5.39. The predicted molar refractivity (Wildman–Crippen MR) is 78.7 cm³/mol. The van der Waals surface area contributed by atoms with E-state index >= 15 is 0 Å². The van der Waals surface area contributed by atoms with E-state index in [1.807, 2.05) is 18.2 Å². The van der Waals surface area contributed by atoms with Crippen LogP contribution in [-0.2, 0) is 6.42 Å². The predicted octanol–water partition coefficient (Wildman–Crippen LogP) is 4.80. The molecule has 0 aliphatic heterocycles. The van der Waals surface area contributed by atoms with E-state index in [9.17, 15) is 0 Å². The SMILES string of the molecule is NC(CCc1cccs1)c1ccc(Cl)c(Br)c1. The van der Waals surface area contributed by atoms with Crippen LogP contribution in [0.4, 0.5) is 0 Å². The van der Waals surface area contributed by atoms with Crippen molar-refractivity contribution in [2.24, 2.45) is 5.73 Å². The molecule has 1 unspecified atom stereocenters. The molecule has 0 saturated heterocycles. The Morgan fingerprint density at radius 2 is 2.18 bits per heavy atom. The van der Waals surface area contributed by atoms with E-state index in [-0.39, 0.29) is 6.04 Å². The van der Waals surface area contributed by atoms with Gasteiger partial charge in [0.1, 0.15) is 0 Å². The number of thiophene rings is 1. The average Bonchev–Trinajstić information content (AvgIpc) is 2.82. The van der Waals surface area contributed by atoms with Gasteiger partial charge < -0.3 is 5.73 Å². The third-order valence-electron chi connectivity index (χ3n) is 2.65. The van der Waals surface area contributed by atoms with Crippen LogP contribution in [0, 0.1) is 0 Å². The molecule has 0 spiro atoms. The van der Waals surface area contributed by atoms with Crippen LogP contribution >= 0.6 is 38.9 Å². The minimum Gasteiger partial charge on any atom is -0.324 e. The van der Waals surface area contributed by atoms with Crippen LogP contribution in [-0.4, -0.2) is 0 Å². The Hall–Kier alpha value is -0.350. The van der Waals surface area contributed by atoms with Crippen molar-refractivity contribution >= 4 is 38.9 Å². The third kappa shape index (κ3) is 3.55. The highest BCUT2D eigenvalue weighted by Crippen LogP contribution is 2.27. The maximum absolute atomic E-state index is 6.17. The van der Waals surface area contributed by atoms with Crippen molar-refractivity contribution in [3.8, 4) is 0 Å². The molecular weight excluding hydrogens is 318 g/mol. The van der Waals surface area contributed by atoms with Crippen LogP contribution in [0.25, 0.3) is 0 Å². The van der Waals surface area contributed by atoms with E-state index < -0.39 is 0 Å². The van der Waals surface area contributed by atoms with Gasteiger partial charge in [-0.15, -0.1) is 11.3 Å². The monoisotopic (exact) mass is 329 g/mol. The molecule has 1 aromatic carbocycles. The van der Waals surface area contributed by atoms with Crippen LogP contribution in [0.15, 0.2) is 40.2 Å². The second-order valence-electron chi connectivity index (χ2n) is 3.90. The summed E-state index contributed by atoms with van der Waals surface area (Å²) in [5.41, 5.74) is 7.29. The Labute approximate surface area is 119 Å². The van der Waals surface area contributed by atoms with Gasteiger partial charge in [-0.25, -0.2) is 0 Å². The molecule has 0 fully saturated rings. The van der Waals surface area contributed by atoms with Gasteiger partial charge in [0.15, 0.2) is 0 Å². The first-order valence-corrected chi connectivity index (χ1v) is 7.45. The topological polar surface area (TPSA) is 26.0 Å². The summed E-state index contributed by atoms with van der Waals surface area (Å²) in [7, 11) is 0. The van der Waals surface area contributed by atoms with E-state index in [0.717, 1.165) is 27.9 Å². The molecule has 17 heavy (non-hydrogen) atoms. The smallest absolute Gasteiger partial charge is 0.0548 e. The zero-order valence-electron chi connectivity index (χ0n) is 9.20. The maximum Gasteiger partial charge on any atom is 0.0548 e. The number of hydrogen-bond donors (Lipinski definition) is 1. The molecule has 0 saturated carbocycles. The lowest BCUT2D eigenvalue weighted by molar-refractivity contribution is 0.655. The molecule has 0 aliphatic rings. The highest BCUT2D eigenvalue weighted by atomic mass is 79.9. The fourth-order valence-electron chi connectivity index (χ4n) is 1.66. The Kier molecular flexibility index (Phi) is 4.62. The van der Waals surface area contributed by atoms with Crippen LogP contribution in [0.2, 0.25) is 5.02 Å². The molecule has 2 aromatic rings. The zero-order valence-corrected chi connectivity index (χ0v) is 12.4. The summed E-state index contributed by atoms with van der Waals surface area (Å²) in [5.74, 6) is 0. The van der Waals surface area contributed by atoms with Gasteiger partial charge in [0, 0.05) is 15.4 Å². The first-order chi connectivity index (χ1) is 8.16. The summed E-state index contributed by atoms with van der Waals surface area (Å²) >= 11 is 11.2. The van der Waals surface area contributed by atoms with E-state index in [1.165, 1.54) is 4.88 Å². The number of hydrogen-bond acceptors (Lipinski definition) is 2. The van der Waals surface area contributed by atoms with E-state index in [1.54, 1.807) is 11.3 Å². The van der Waals surface area contributed by atoms with Gasteiger partial charge in [-0.05, 0) is 57.9 Å². The largest absolute Gasteiger partial charge is 0.324 e. The molecule has 4 heteroatoms. The van der Waals surface area contributed by atoms with Crippen LogP contribution in [0.3, 0.4) is 0 Å². The second kappa shape index (κ2) is 6.01. The molecule has 1 atom stereocenters. The molecule has 0 amide bonds. The molecule has 1 heterocycles. The Morgan fingerprint density at radius 3 is 2.82 bits per heavy atom. The highest BCUT2D eigenvalue weighted by molar-refractivity contribution is 9.10. The van der Waals surface area contributed by atoms with E-state index in [4.69, 9.17) is 17.3 Å². The number of halogens is 2. The van der Waals surface area contributed by atoms with Gasteiger partial charge in [-0.3, -0.25) is 0 Å². The summed E-state index contributed by atoms with van der Waals surface area (Å²) in [5, 5.41) is 2.82. The lowest BCUT2D eigenvalue weighted by Crippen LogP contribution is -2.11. The fourth-order valence-corrected chi connectivity index (χ4v) is 2.90. The van der Waals surface area contributed by atoms with Gasteiger partial charge in [-0.2, -0.15) is 0 Å². The fraction of sp³-hybridized carbons (Fsp3) is 0.231. The van der Waals surface area contributed by atoms with Gasteiger partial charge >= 0.3 is 0 Å². The van der Waals surface area contributed by atoms with Gasteiger partial charge in [-0.1, -0.05) is 23.7 Å². The Balaban J connectivity index is 1.99. The molecule has 0 aliphatic carbocycles. The molecule has 1 aromatic heterocycles. The van der Waals surface area contributed by atoms with Crippen molar-refractivity contribution in [2.75, 3.05) is 0 Å². The normalized spacial score (nSPS) is 12.6. The van der Waals surface area contributed by atoms with Crippen molar-refractivity contribution in [1.82, 2.24) is 0 Å². The van der Waals surface area contributed by atoms with Gasteiger partial charge in [0.2, 0.25) is 0 Å². The molecule has 0 radical (unpaired) electrons. The minimum absolute atomic E-state index is 0.0608. The molecule has 90 valence electrons. The number of aryl methyl sites for hydroxylation is 1. The molecule has 0 bridgehead atoms. The van der Waals surface area contributed by atoms with Crippen LogP contribution in [0.5, 0.6) is 0 Å². The van der Waals surface area contributed by atoms with Crippen molar-refractivity contribution in [3.63, 3.8) is 0 Å². The van der Waals surface area contributed by atoms with E-state index in [0.29, 0.717) is 0 Å². The number of nitrogens with two attached hydrogens (primary N) is 1. The molecule has 1 nitrogen and oxygen atoms in total. The summed E-state index contributed by atoms with van der Waals surface area (Å²) in [6.45, 7) is 0. The van der Waals surface area contributed by atoms with Gasteiger partial charge in [0.25, 0.3) is 0 Å². The lowest BCUT2D eigenvalue weighted by atomic mass is 10.0. The molecular formula is C13H13BrClNS. The van der Waals surface area contributed by atoms with Crippen molar-refractivity contribution in [3.05, 3.63) is 55.6 Å². The van der Waals surface area contributed by atoms with Gasteiger partial charge in [0.05, 0.1) is 5.02 Å². The summed E-state index contributed by atoms with van der Waals surface area (Å²) in [4.78, 5) is 1.38. The standard InChI is InChI=1S/C13H13BrClNS/c14-11-8-9(3-5-12(11)15)13(16)6-4-10-2-1-7-17-10/h1-3,5,7-8,13H,4,6,16H2. The second-order valence-corrected chi connectivity index (χ2v) is 6.19. The Bertz CT molecular complexity index is 484. The average molecular weight is 331 g/mol. The van der Waals surface area contributed by atoms with Crippen LogP contribution in [0.1, 0.15) is 22.9 Å². The first kappa shape index (κ1) is 13.1. The minimum atomic E-state index is 0.0608. The summed E-state index contributed by atoms with van der Waals surface area (Å²) < 4.78 is 0.906. The summed E-state index contributed by atoms with van der Waals surface area (Å²) in [6.07, 6.45) is 1.98. The number of benzene rings is 1. The molecule has 2 rings (SSSR count). The Morgan fingerprint density at radius 1 is 1.35 bits per heavy atom. The van der Waals surface area contributed by atoms with Crippen molar-refractivity contribution in [1.29, 1.82) is 0 Å². The lowest BCUT2D eigenvalue weighted by Gasteiger charge is -2.12. The quantitative estimate of drug-likeness (QED) is 0.856. The molecule has 2 N–H and O–H groups in total. The van der Waals surface area contributed by atoms with E-state index in [2.05, 4.69) is 33.4 Å². The maximum atomic E-state index is 6.17. The zero-order chi connectivity index (χ0) is 12.3. The number of rotatable bonds is 4. The van der Waals surface area contributed by atoms with Crippen molar-refractivity contribution < 1.29 is 0 Å². The van der Waals surface area contributed by atoms with Crippen LogP contribution < -0.4 is 5.73 Å². The highest BCUT2D eigenvalue weighted by Gasteiger charge is 2.08. The van der Waals surface area contributed by atoms with Crippen molar-refractivity contribution in [2.45, 2.75) is 18.9 Å². The third-order valence-corrected chi connectivity index (χ3v) is 4.80.